The van der Waals surface area contributed by atoms with Crippen molar-refractivity contribution in [2.24, 2.45) is 5.73 Å². The fourth-order valence-electron chi connectivity index (χ4n) is 2.08. The van der Waals surface area contributed by atoms with Gasteiger partial charge in [0.05, 0.1) is 0 Å². The summed E-state index contributed by atoms with van der Waals surface area (Å²) in [4.78, 5) is 2.21. The van der Waals surface area contributed by atoms with Gasteiger partial charge in [-0.1, -0.05) is 18.2 Å². The van der Waals surface area contributed by atoms with Crippen molar-refractivity contribution in [2.45, 2.75) is 25.9 Å². The van der Waals surface area contributed by atoms with Gasteiger partial charge in [-0.05, 0) is 18.9 Å². The quantitative estimate of drug-likeness (QED) is 0.801. The molecule has 1 aromatic rings. The van der Waals surface area contributed by atoms with Crippen LogP contribution >= 0.6 is 0 Å². The van der Waals surface area contributed by atoms with Crippen LogP contribution in [0.25, 0.3) is 0 Å². The van der Waals surface area contributed by atoms with Crippen LogP contribution in [0.3, 0.4) is 0 Å². The highest BCUT2D eigenvalue weighted by molar-refractivity contribution is 5.24. The molecule has 0 radical (unpaired) electrons. The van der Waals surface area contributed by atoms with E-state index < -0.39 is 0 Å². The largest absolute Gasteiger partial charge is 0.326 e. The van der Waals surface area contributed by atoms with Gasteiger partial charge in [0, 0.05) is 31.2 Å². The fourth-order valence-corrected chi connectivity index (χ4v) is 2.08. The van der Waals surface area contributed by atoms with Crippen LogP contribution in [0.4, 0.5) is 4.39 Å². The van der Waals surface area contributed by atoms with E-state index in [0.29, 0.717) is 6.54 Å². The second-order valence-electron chi connectivity index (χ2n) is 4.33. The number of halogens is 1. The first-order valence-corrected chi connectivity index (χ1v) is 5.39. The second kappa shape index (κ2) is 4.29. The van der Waals surface area contributed by atoms with Crippen molar-refractivity contribution in [3.63, 3.8) is 0 Å². The third kappa shape index (κ3) is 2.36. The van der Waals surface area contributed by atoms with Crippen molar-refractivity contribution in [3.8, 4) is 0 Å². The number of hydrogen-bond donors (Lipinski definition) is 1. The zero-order valence-corrected chi connectivity index (χ0v) is 9.04. The van der Waals surface area contributed by atoms with Crippen LogP contribution in [-0.2, 0) is 6.54 Å². The molecule has 0 spiro atoms. The molecule has 0 aliphatic carbocycles. The molecule has 3 heteroatoms. The Bertz CT molecular complexity index is 351. The molecule has 82 valence electrons. The monoisotopic (exact) mass is 208 g/mol. The highest BCUT2D eigenvalue weighted by atomic mass is 19.1. The molecule has 1 saturated heterocycles. The van der Waals surface area contributed by atoms with Gasteiger partial charge >= 0.3 is 0 Å². The number of hydrogen-bond acceptors (Lipinski definition) is 2. The number of nitrogens with zero attached hydrogens (tertiary/aromatic N) is 1. The van der Waals surface area contributed by atoms with Gasteiger partial charge in [0.25, 0.3) is 0 Å². The number of nitrogens with two attached hydrogens (primary N) is 1. The zero-order valence-electron chi connectivity index (χ0n) is 9.04. The summed E-state index contributed by atoms with van der Waals surface area (Å²) >= 11 is 0. The van der Waals surface area contributed by atoms with E-state index >= 15 is 0 Å². The van der Waals surface area contributed by atoms with Crippen LogP contribution in [0.15, 0.2) is 18.2 Å². The Morgan fingerprint density at radius 1 is 1.53 bits per heavy atom. The minimum Gasteiger partial charge on any atom is -0.326 e. The first-order chi connectivity index (χ1) is 7.16. The topological polar surface area (TPSA) is 29.3 Å². The van der Waals surface area contributed by atoms with Gasteiger partial charge in [0.15, 0.2) is 0 Å². The second-order valence-corrected chi connectivity index (χ2v) is 4.33. The third-order valence-corrected chi connectivity index (χ3v) is 2.97. The average molecular weight is 208 g/mol. The summed E-state index contributed by atoms with van der Waals surface area (Å²) in [7, 11) is 0. The third-order valence-electron chi connectivity index (χ3n) is 2.97. The van der Waals surface area contributed by atoms with Crippen LogP contribution in [-0.4, -0.2) is 24.0 Å². The van der Waals surface area contributed by atoms with E-state index in [1.807, 2.05) is 12.1 Å². The number of aryl methyl sites for hydroxylation is 1. The lowest BCUT2D eigenvalue weighted by Crippen LogP contribution is -2.26. The van der Waals surface area contributed by atoms with Gasteiger partial charge in [0.1, 0.15) is 5.82 Å². The number of benzene rings is 1. The molecule has 1 aromatic carbocycles. The molecule has 1 aliphatic rings. The molecule has 0 aromatic heterocycles. The van der Waals surface area contributed by atoms with Gasteiger partial charge in [-0.15, -0.1) is 0 Å². The highest BCUT2D eigenvalue weighted by Crippen LogP contribution is 2.16. The molecule has 1 atom stereocenters. The van der Waals surface area contributed by atoms with Crippen molar-refractivity contribution >= 4 is 0 Å². The first kappa shape index (κ1) is 10.6. The summed E-state index contributed by atoms with van der Waals surface area (Å²) in [5, 5.41) is 0. The molecule has 0 amide bonds. The summed E-state index contributed by atoms with van der Waals surface area (Å²) in [5.41, 5.74) is 7.31. The van der Waals surface area contributed by atoms with Crippen LogP contribution in [0.1, 0.15) is 17.5 Å². The first-order valence-electron chi connectivity index (χ1n) is 5.39. The van der Waals surface area contributed by atoms with Gasteiger partial charge in [-0.25, -0.2) is 4.39 Å². The Labute approximate surface area is 89.9 Å². The summed E-state index contributed by atoms with van der Waals surface area (Å²) < 4.78 is 13.7. The normalized spacial score (nSPS) is 22.2. The number of rotatable bonds is 2. The summed E-state index contributed by atoms with van der Waals surface area (Å²) in [6, 6.07) is 5.82. The van der Waals surface area contributed by atoms with Gasteiger partial charge in [-0.2, -0.15) is 0 Å². The average Bonchev–Trinajstić information content (AvgIpc) is 2.59. The number of likely N-dealkylation sites (tertiary alicyclic amines) is 1. The minimum atomic E-state index is -0.0713. The van der Waals surface area contributed by atoms with E-state index in [2.05, 4.69) is 4.90 Å². The molecule has 1 aliphatic heterocycles. The van der Waals surface area contributed by atoms with E-state index in [1.165, 1.54) is 0 Å². The van der Waals surface area contributed by atoms with Crippen LogP contribution in [0, 0.1) is 12.7 Å². The highest BCUT2D eigenvalue weighted by Gasteiger charge is 2.20. The molecule has 0 saturated carbocycles. The summed E-state index contributed by atoms with van der Waals surface area (Å²) in [6.07, 6.45) is 1.02. The SMILES string of the molecule is Cc1cccc(CN2CCC(N)C2)c1F. The van der Waals surface area contributed by atoms with Crippen molar-refractivity contribution in [1.82, 2.24) is 4.90 Å². The van der Waals surface area contributed by atoms with E-state index in [4.69, 9.17) is 5.73 Å². The predicted octanol–water partition coefficient (Wildman–Crippen LogP) is 1.67. The van der Waals surface area contributed by atoms with E-state index in [1.54, 1.807) is 13.0 Å². The summed E-state index contributed by atoms with van der Waals surface area (Å²) in [5.74, 6) is -0.0713. The van der Waals surface area contributed by atoms with Crippen molar-refractivity contribution in [2.75, 3.05) is 13.1 Å². The standard InChI is InChI=1S/C12H17FN2/c1-9-3-2-4-10(12(9)13)7-15-6-5-11(14)8-15/h2-4,11H,5-8,14H2,1H3. The van der Waals surface area contributed by atoms with Crippen molar-refractivity contribution in [3.05, 3.63) is 35.1 Å². The molecular weight excluding hydrogens is 191 g/mol. The molecule has 15 heavy (non-hydrogen) atoms. The van der Waals surface area contributed by atoms with Crippen molar-refractivity contribution in [1.29, 1.82) is 0 Å². The molecule has 2 rings (SSSR count). The molecule has 0 bridgehead atoms. The maximum Gasteiger partial charge on any atom is 0.130 e. The van der Waals surface area contributed by atoms with Crippen molar-refractivity contribution < 1.29 is 4.39 Å². The minimum absolute atomic E-state index is 0.0713. The lowest BCUT2D eigenvalue weighted by Gasteiger charge is -2.16. The van der Waals surface area contributed by atoms with Crippen LogP contribution in [0.5, 0.6) is 0 Å². The predicted molar refractivity (Wildman–Crippen MR) is 59.0 cm³/mol. The maximum atomic E-state index is 13.7. The molecule has 1 fully saturated rings. The lowest BCUT2D eigenvalue weighted by atomic mass is 10.1. The molecule has 1 heterocycles. The molecule has 2 nitrogen and oxygen atoms in total. The molecular formula is C12H17FN2. The van der Waals surface area contributed by atoms with Crippen LogP contribution in [0.2, 0.25) is 0 Å². The maximum absolute atomic E-state index is 13.7. The zero-order chi connectivity index (χ0) is 10.8. The Morgan fingerprint density at radius 3 is 3.00 bits per heavy atom. The Kier molecular flexibility index (Phi) is 3.03. The van der Waals surface area contributed by atoms with Gasteiger partial charge in [0.2, 0.25) is 0 Å². The van der Waals surface area contributed by atoms with E-state index in [0.717, 1.165) is 30.6 Å². The smallest absolute Gasteiger partial charge is 0.130 e. The van der Waals surface area contributed by atoms with Crippen LogP contribution < -0.4 is 5.73 Å². The summed E-state index contributed by atoms with van der Waals surface area (Å²) in [6.45, 7) is 4.34. The molecule has 1 unspecified atom stereocenters. The lowest BCUT2D eigenvalue weighted by molar-refractivity contribution is 0.321. The van der Waals surface area contributed by atoms with E-state index in [9.17, 15) is 4.39 Å². The Balaban J connectivity index is 2.07. The van der Waals surface area contributed by atoms with Gasteiger partial charge < -0.3 is 5.73 Å². The fraction of sp³-hybridized carbons (Fsp3) is 0.500. The van der Waals surface area contributed by atoms with E-state index in [-0.39, 0.29) is 11.9 Å². The Hall–Kier alpha value is -0.930. The molecule has 2 N–H and O–H groups in total. The Morgan fingerprint density at radius 2 is 2.33 bits per heavy atom. The van der Waals surface area contributed by atoms with Gasteiger partial charge in [-0.3, -0.25) is 4.90 Å².